The molecular formula is C15H29N3O2. The highest BCUT2D eigenvalue weighted by molar-refractivity contribution is 5.81. The lowest BCUT2D eigenvalue weighted by Crippen LogP contribution is -2.47. The Bertz CT molecular complexity index is 324. The highest BCUT2D eigenvalue weighted by Gasteiger charge is 2.30. The predicted octanol–water partition coefficient (Wildman–Crippen LogP) is 0.729. The average Bonchev–Trinajstić information content (AvgIpc) is 2.87. The molecule has 2 heterocycles. The second-order valence-electron chi connectivity index (χ2n) is 6.48. The third-order valence-electron chi connectivity index (χ3n) is 4.32. The topological polar surface area (TPSA) is 67.6 Å². The minimum Gasteiger partial charge on any atom is -0.364 e. The normalized spacial score (nSPS) is 33.0. The monoisotopic (exact) mass is 283 g/mol. The Morgan fingerprint density at radius 2 is 2.25 bits per heavy atom. The fourth-order valence-corrected chi connectivity index (χ4v) is 3.29. The first-order valence-corrected chi connectivity index (χ1v) is 7.96. The minimum atomic E-state index is -0.300. The van der Waals surface area contributed by atoms with E-state index in [1.165, 1.54) is 12.8 Å². The summed E-state index contributed by atoms with van der Waals surface area (Å²) in [5.74, 6) is 0.800. The first-order chi connectivity index (χ1) is 9.58. The molecule has 0 bridgehead atoms. The largest absolute Gasteiger partial charge is 0.364 e. The Morgan fingerprint density at radius 1 is 1.45 bits per heavy atom. The number of nitrogens with zero attached hydrogens (tertiary/aromatic N) is 1. The van der Waals surface area contributed by atoms with Crippen molar-refractivity contribution >= 4 is 5.91 Å². The van der Waals surface area contributed by atoms with Gasteiger partial charge in [-0.3, -0.25) is 4.79 Å². The van der Waals surface area contributed by atoms with Crippen molar-refractivity contribution in [2.75, 3.05) is 26.2 Å². The van der Waals surface area contributed by atoms with Crippen molar-refractivity contribution in [2.45, 2.75) is 57.8 Å². The number of carbonyl (C=O) groups excluding carboxylic acids is 1. The van der Waals surface area contributed by atoms with Crippen molar-refractivity contribution in [3.63, 3.8) is 0 Å². The molecule has 0 aromatic heterocycles. The molecule has 2 unspecified atom stereocenters. The maximum atomic E-state index is 12.1. The third-order valence-corrected chi connectivity index (χ3v) is 4.32. The molecule has 0 spiro atoms. The molecule has 4 atom stereocenters. The molecule has 0 aromatic carbocycles. The molecular weight excluding hydrogens is 254 g/mol. The number of hydrogen-bond donors (Lipinski definition) is 2. The number of nitrogens with two attached hydrogens (primary N) is 1. The van der Waals surface area contributed by atoms with Crippen molar-refractivity contribution in [3.8, 4) is 0 Å². The number of hydrogen-bond acceptors (Lipinski definition) is 4. The van der Waals surface area contributed by atoms with Gasteiger partial charge < -0.3 is 20.7 Å². The zero-order chi connectivity index (χ0) is 14.5. The molecule has 20 heavy (non-hydrogen) atoms. The molecule has 0 aromatic rings. The van der Waals surface area contributed by atoms with Gasteiger partial charge >= 0.3 is 0 Å². The van der Waals surface area contributed by atoms with Crippen LogP contribution in [0.2, 0.25) is 0 Å². The second-order valence-corrected chi connectivity index (χ2v) is 6.48. The first-order valence-electron chi connectivity index (χ1n) is 7.96. The number of likely N-dealkylation sites (tertiary alicyclic amines) is 1. The highest BCUT2D eigenvalue weighted by Crippen LogP contribution is 2.19. The summed E-state index contributed by atoms with van der Waals surface area (Å²) in [5, 5.41) is 3.08. The van der Waals surface area contributed by atoms with Crippen LogP contribution >= 0.6 is 0 Å². The molecule has 3 N–H and O–H groups in total. The van der Waals surface area contributed by atoms with Crippen molar-refractivity contribution in [1.82, 2.24) is 10.2 Å². The molecule has 2 aliphatic heterocycles. The molecule has 2 saturated heterocycles. The Labute approximate surface area is 122 Å². The standard InChI is InChI=1S/C15H29N3O2/c1-11-4-3-7-18(9-11)10-12(2)17-15(19)14-6-5-13(8-16)20-14/h11-14H,3-10,16H2,1-2H3,(H,17,19)/t11?,12?,13-,14+/m1/s1. The predicted molar refractivity (Wildman–Crippen MR) is 79.4 cm³/mol. The maximum absolute atomic E-state index is 12.1. The zero-order valence-electron chi connectivity index (χ0n) is 12.8. The van der Waals surface area contributed by atoms with Crippen LogP contribution in [0.1, 0.15) is 39.5 Å². The van der Waals surface area contributed by atoms with E-state index < -0.39 is 0 Å². The van der Waals surface area contributed by atoms with Crippen LogP contribution < -0.4 is 11.1 Å². The van der Waals surface area contributed by atoms with Gasteiger partial charge in [0.05, 0.1) is 6.10 Å². The lowest BCUT2D eigenvalue weighted by molar-refractivity contribution is -0.132. The van der Waals surface area contributed by atoms with Crippen molar-refractivity contribution in [3.05, 3.63) is 0 Å². The lowest BCUT2D eigenvalue weighted by atomic mass is 10.00. The van der Waals surface area contributed by atoms with E-state index in [0.717, 1.165) is 38.4 Å². The van der Waals surface area contributed by atoms with Crippen LogP contribution in [-0.4, -0.2) is 55.2 Å². The van der Waals surface area contributed by atoms with E-state index in [1.54, 1.807) is 0 Å². The summed E-state index contributed by atoms with van der Waals surface area (Å²) in [7, 11) is 0. The van der Waals surface area contributed by atoms with E-state index in [0.29, 0.717) is 6.54 Å². The van der Waals surface area contributed by atoms with E-state index in [1.807, 2.05) is 0 Å². The van der Waals surface area contributed by atoms with Gasteiger partial charge in [0.1, 0.15) is 6.10 Å². The molecule has 5 nitrogen and oxygen atoms in total. The zero-order valence-corrected chi connectivity index (χ0v) is 12.8. The van der Waals surface area contributed by atoms with Gasteiger partial charge in [-0.05, 0) is 45.1 Å². The number of nitrogens with one attached hydrogen (secondary N) is 1. The number of carbonyl (C=O) groups is 1. The van der Waals surface area contributed by atoms with Gasteiger partial charge in [-0.2, -0.15) is 0 Å². The summed E-state index contributed by atoms with van der Waals surface area (Å²) >= 11 is 0. The van der Waals surface area contributed by atoms with Gasteiger partial charge in [-0.15, -0.1) is 0 Å². The van der Waals surface area contributed by atoms with Gasteiger partial charge in [-0.1, -0.05) is 6.92 Å². The molecule has 0 saturated carbocycles. The quantitative estimate of drug-likeness (QED) is 0.780. The Hall–Kier alpha value is -0.650. The fourth-order valence-electron chi connectivity index (χ4n) is 3.29. The first kappa shape index (κ1) is 15.7. The summed E-state index contributed by atoms with van der Waals surface area (Å²) < 4.78 is 5.63. The second kappa shape index (κ2) is 7.38. The number of rotatable bonds is 5. The Kier molecular flexibility index (Phi) is 5.81. The van der Waals surface area contributed by atoms with E-state index in [9.17, 15) is 4.79 Å². The smallest absolute Gasteiger partial charge is 0.249 e. The van der Waals surface area contributed by atoms with Crippen LogP contribution in [0.15, 0.2) is 0 Å². The average molecular weight is 283 g/mol. The van der Waals surface area contributed by atoms with Gasteiger partial charge in [-0.25, -0.2) is 0 Å². The molecule has 2 fully saturated rings. The van der Waals surface area contributed by atoms with Gasteiger partial charge in [0.15, 0.2) is 0 Å². The molecule has 116 valence electrons. The summed E-state index contributed by atoms with van der Waals surface area (Å²) in [6, 6.07) is 0.174. The summed E-state index contributed by atoms with van der Waals surface area (Å²) in [6.07, 6.45) is 4.04. The molecule has 2 aliphatic rings. The summed E-state index contributed by atoms with van der Waals surface area (Å²) in [6.45, 7) is 8.12. The van der Waals surface area contributed by atoms with Crippen molar-refractivity contribution in [1.29, 1.82) is 0 Å². The molecule has 0 radical (unpaired) electrons. The number of ether oxygens (including phenoxy) is 1. The highest BCUT2D eigenvalue weighted by atomic mass is 16.5. The fraction of sp³-hybridized carbons (Fsp3) is 0.933. The molecule has 5 heteroatoms. The Morgan fingerprint density at radius 3 is 2.90 bits per heavy atom. The van der Waals surface area contributed by atoms with Crippen LogP contribution in [0.5, 0.6) is 0 Å². The van der Waals surface area contributed by atoms with Crippen LogP contribution in [0, 0.1) is 5.92 Å². The van der Waals surface area contributed by atoms with Crippen molar-refractivity contribution in [2.24, 2.45) is 11.7 Å². The van der Waals surface area contributed by atoms with Crippen LogP contribution in [0.3, 0.4) is 0 Å². The van der Waals surface area contributed by atoms with Crippen LogP contribution in [0.25, 0.3) is 0 Å². The lowest BCUT2D eigenvalue weighted by Gasteiger charge is -2.33. The molecule has 2 rings (SSSR count). The SMILES string of the molecule is CC1CCCN(CC(C)NC(=O)[C@@H]2CC[C@H](CN)O2)C1. The van der Waals surface area contributed by atoms with E-state index in [-0.39, 0.29) is 24.2 Å². The van der Waals surface area contributed by atoms with Crippen LogP contribution in [0.4, 0.5) is 0 Å². The van der Waals surface area contributed by atoms with Gasteiger partial charge in [0.2, 0.25) is 5.91 Å². The van der Waals surface area contributed by atoms with E-state index in [4.69, 9.17) is 10.5 Å². The third kappa shape index (κ3) is 4.43. The van der Waals surface area contributed by atoms with Gasteiger partial charge in [0.25, 0.3) is 0 Å². The van der Waals surface area contributed by atoms with E-state index in [2.05, 4.69) is 24.1 Å². The Balaban J connectivity index is 1.71. The summed E-state index contributed by atoms with van der Waals surface area (Å²) in [4.78, 5) is 14.6. The molecule has 0 aliphatic carbocycles. The van der Waals surface area contributed by atoms with Crippen LogP contribution in [-0.2, 0) is 9.53 Å². The summed E-state index contributed by atoms with van der Waals surface area (Å²) in [5.41, 5.74) is 5.57. The molecule has 1 amide bonds. The van der Waals surface area contributed by atoms with Crippen molar-refractivity contribution < 1.29 is 9.53 Å². The number of piperidine rings is 1. The number of amides is 1. The minimum absolute atomic E-state index is 0.0264. The van der Waals surface area contributed by atoms with Gasteiger partial charge in [0, 0.05) is 25.7 Å². The van der Waals surface area contributed by atoms with E-state index >= 15 is 0 Å². The maximum Gasteiger partial charge on any atom is 0.249 e.